The molecule has 0 spiro atoms. The van der Waals surface area contributed by atoms with Gasteiger partial charge in [0.25, 0.3) is 0 Å². The highest BCUT2D eigenvalue weighted by atomic mass is 19.1. The van der Waals surface area contributed by atoms with Gasteiger partial charge in [0.2, 0.25) is 0 Å². The number of allylic oxidation sites excluding steroid dienone is 4. The van der Waals surface area contributed by atoms with Crippen molar-refractivity contribution >= 4 is 18.3 Å². The molecule has 1 aromatic carbocycles. The van der Waals surface area contributed by atoms with E-state index in [-0.39, 0.29) is 0 Å². The molecule has 0 atom stereocenters. The summed E-state index contributed by atoms with van der Waals surface area (Å²) in [7, 11) is 0. The third-order valence-corrected chi connectivity index (χ3v) is 6.54. The van der Waals surface area contributed by atoms with Gasteiger partial charge in [0, 0.05) is 28.0 Å². The minimum atomic E-state index is -1.15. The predicted octanol–water partition coefficient (Wildman–Crippen LogP) is 6.29. The van der Waals surface area contributed by atoms with E-state index in [0.29, 0.717) is 19.4 Å². The molecule has 0 unspecified atom stereocenters. The average molecular weight is 421 g/mol. The molecule has 3 heteroatoms. The number of nitrogen functional groups attached to an aromatic ring is 1. The van der Waals surface area contributed by atoms with E-state index >= 15 is 4.39 Å². The Hall–Kier alpha value is -2.55. The van der Waals surface area contributed by atoms with Crippen LogP contribution in [0.2, 0.25) is 0 Å². The van der Waals surface area contributed by atoms with E-state index < -0.39 is 5.67 Å². The minimum Gasteiger partial charge on any atom is -0.399 e. The quantitative estimate of drug-likeness (QED) is 0.432. The van der Waals surface area contributed by atoms with Gasteiger partial charge in [0.05, 0.1) is 6.54 Å². The first-order valence-corrected chi connectivity index (χ1v) is 11.6. The van der Waals surface area contributed by atoms with E-state index in [1.165, 1.54) is 16.7 Å². The molecular weight excluding hydrogens is 383 g/mol. The van der Waals surface area contributed by atoms with Gasteiger partial charge in [-0.3, -0.25) is 0 Å². The van der Waals surface area contributed by atoms with Crippen molar-refractivity contribution in [1.82, 2.24) is 4.57 Å². The van der Waals surface area contributed by atoms with Crippen molar-refractivity contribution in [3.8, 4) is 11.1 Å². The normalized spacial score (nSPS) is 17.1. The smallest absolute Gasteiger partial charge is 0.128 e. The number of anilines is 1. The minimum absolute atomic E-state index is 0.372. The lowest BCUT2D eigenvalue weighted by atomic mass is 9.86. The van der Waals surface area contributed by atoms with Crippen LogP contribution in [0.1, 0.15) is 66.2 Å². The van der Waals surface area contributed by atoms with Crippen molar-refractivity contribution in [2.75, 3.05) is 5.73 Å². The molecule has 166 valence electrons. The maximum Gasteiger partial charge on any atom is 0.128 e. The van der Waals surface area contributed by atoms with E-state index in [9.17, 15) is 0 Å². The Labute approximate surface area is 186 Å². The summed E-state index contributed by atoms with van der Waals surface area (Å²) in [5.41, 5.74) is 11.5. The van der Waals surface area contributed by atoms with E-state index in [2.05, 4.69) is 57.2 Å². The van der Waals surface area contributed by atoms with Gasteiger partial charge >= 0.3 is 0 Å². The van der Waals surface area contributed by atoms with Crippen molar-refractivity contribution in [3.63, 3.8) is 0 Å². The van der Waals surface area contributed by atoms with E-state index in [1.807, 2.05) is 24.3 Å². The molecule has 0 saturated heterocycles. The molecule has 0 radical (unpaired) electrons. The second kappa shape index (κ2) is 9.72. The highest BCUT2D eigenvalue weighted by molar-refractivity contribution is 5.69. The molecule has 0 bridgehead atoms. The Balaban J connectivity index is 2.20. The zero-order valence-electron chi connectivity index (χ0n) is 19.6. The summed E-state index contributed by atoms with van der Waals surface area (Å²) < 4.78 is 17.8. The average Bonchev–Trinajstić information content (AvgIpc) is 3.02. The van der Waals surface area contributed by atoms with Gasteiger partial charge in [0.15, 0.2) is 0 Å². The summed E-state index contributed by atoms with van der Waals surface area (Å²) in [5, 5.41) is 1.91. The van der Waals surface area contributed by atoms with Gasteiger partial charge in [-0.05, 0) is 75.0 Å². The molecule has 31 heavy (non-hydrogen) atoms. The predicted molar refractivity (Wildman–Crippen MR) is 133 cm³/mol. The molecule has 1 aromatic heterocycles. The molecule has 2 N–H and O–H groups in total. The van der Waals surface area contributed by atoms with Gasteiger partial charge in [0.1, 0.15) is 5.67 Å². The number of nitrogens with zero attached hydrogens (tertiary/aromatic N) is 1. The molecule has 2 aromatic rings. The lowest BCUT2D eigenvalue weighted by molar-refractivity contribution is 0.0850. The maximum absolute atomic E-state index is 15.7. The summed E-state index contributed by atoms with van der Waals surface area (Å²) >= 11 is 0. The second-order valence-corrected chi connectivity index (χ2v) is 9.09. The fourth-order valence-corrected chi connectivity index (χ4v) is 4.86. The van der Waals surface area contributed by atoms with Crippen LogP contribution in [0, 0.1) is 0 Å². The Morgan fingerprint density at radius 2 is 1.94 bits per heavy atom. The van der Waals surface area contributed by atoms with Gasteiger partial charge in [-0.15, -0.1) is 0 Å². The van der Waals surface area contributed by atoms with Gasteiger partial charge in [-0.2, -0.15) is 0 Å². The number of alkyl halides is 1. The van der Waals surface area contributed by atoms with Gasteiger partial charge in [-0.1, -0.05) is 56.5 Å². The van der Waals surface area contributed by atoms with Crippen LogP contribution in [0.5, 0.6) is 0 Å². The lowest BCUT2D eigenvalue weighted by Crippen LogP contribution is -2.38. The first-order valence-electron chi connectivity index (χ1n) is 11.6. The molecule has 3 rings (SSSR count). The standard InChI is InChI=1S/C28H37FN2/c1-6-22(25(7-2)20(3)4)17-27-21(5)26(23-12-11-13-24(30)16-23)18-31(27)19-28(29)14-9-8-10-15-28/h6,11-13,16-18H,5,7-10,14-15,19,30H2,1-4H3/b22-6+,27-17+. The lowest BCUT2D eigenvalue weighted by Gasteiger charge is -2.30. The largest absolute Gasteiger partial charge is 0.399 e. The number of hydrogen-bond acceptors (Lipinski definition) is 1. The summed E-state index contributed by atoms with van der Waals surface area (Å²) in [4.78, 5) is 0. The monoisotopic (exact) mass is 420 g/mol. The van der Waals surface area contributed by atoms with Crippen molar-refractivity contribution < 1.29 is 4.39 Å². The molecule has 1 saturated carbocycles. The van der Waals surface area contributed by atoms with E-state index in [1.54, 1.807) is 0 Å². The topological polar surface area (TPSA) is 30.9 Å². The second-order valence-electron chi connectivity index (χ2n) is 9.09. The van der Waals surface area contributed by atoms with Crippen molar-refractivity contribution in [2.45, 2.75) is 78.4 Å². The highest BCUT2D eigenvalue weighted by Crippen LogP contribution is 2.33. The van der Waals surface area contributed by atoms with Crippen LogP contribution in [0.15, 0.2) is 53.3 Å². The molecular formula is C28H37FN2. The van der Waals surface area contributed by atoms with Crippen LogP contribution in [0.25, 0.3) is 23.8 Å². The van der Waals surface area contributed by atoms with E-state index in [0.717, 1.165) is 53.1 Å². The summed E-state index contributed by atoms with van der Waals surface area (Å²) in [6.07, 6.45) is 11.7. The van der Waals surface area contributed by atoms with Crippen LogP contribution in [0.3, 0.4) is 0 Å². The van der Waals surface area contributed by atoms with Crippen LogP contribution in [0.4, 0.5) is 10.1 Å². The van der Waals surface area contributed by atoms with Crippen molar-refractivity contribution in [1.29, 1.82) is 0 Å². The summed E-state index contributed by atoms with van der Waals surface area (Å²) in [6.45, 7) is 13.3. The van der Waals surface area contributed by atoms with Crippen LogP contribution < -0.4 is 16.3 Å². The molecule has 1 heterocycles. The summed E-state index contributed by atoms with van der Waals surface area (Å²) in [5.74, 6) is 0. The first-order chi connectivity index (χ1) is 14.8. The highest BCUT2D eigenvalue weighted by Gasteiger charge is 2.32. The molecule has 1 fully saturated rings. The van der Waals surface area contributed by atoms with Gasteiger partial charge in [-0.25, -0.2) is 4.39 Å². The fourth-order valence-electron chi connectivity index (χ4n) is 4.86. The molecule has 2 nitrogen and oxygen atoms in total. The third-order valence-electron chi connectivity index (χ3n) is 6.54. The third kappa shape index (κ3) is 5.20. The zero-order valence-corrected chi connectivity index (χ0v) is 19.6. The van der Waals surface area contributed by atoms with Crippen molar-refractivity contribution in [2.24, 2.45) is 0 Å². The Morgan fingerprint density at radius 1 is 1.23 bits per heavy atom. The Morgan fingerprint density at radius 3 is 2.52 bits per heavy atom. The molecule has 0 aliphatic heterocycles. The van der Waals surface area contributed by atoms with Gasteiger partial charge < -0.3 is 10.3 Å². The Kier molecular flexibility index (Phi) is 7.25. The number of benzene rings is 1. The van der Waals surface area contributed by atoms with Crippen LogP contribution in [-0.2, 0) is 6.54 Å². The molecule has 1 aliphatic carbocycles. The first kappa shape index (κ1) is 23.1. The fraction of sp³-hybridized carbons (Fsp3) is 0.429. The SMILES string of the molecule is C=c1c(-c2cccc(N)c2)cn(CC2(F)CCCCC2)/c1=C/C(=C\C)C(CC)=C(C)C. The number of aromatic nitrogens is 1. The number of nitrogens with two attached hydrogens (primary N) is 1. The van der Waals surface area contributed by atoms with Crippen molar-refractivity contribution in [3.05, 3.63) is 63.8 Å². The maximum atomic E-state index is 15.7. The number of rotatable bonds is 6. The van der Waals surface area contributed by atoms with Crippen LogP contribution in [-0.4, -0.2) is 10.2 Å². The van der Waals surface area contributed by atoms with E-state index in [4.69, 9.17) is 5.73 Å². The van der Waals surface area contributed by atoms with Crippen LogP contribution >= 0.6 is 0 Å². The molecule has 1 aliphatic rings. The number of halogens is 1. The summed E-state index contributed by atoms with van der Waals surface area (Å²) in [6, 6.07) is 7.85. The zero-order chi connectivity index (χ0) is 22.6. The Bertz CT molecular complexity index is 1090. The number of hydrogen-bond donors (Lipinski definition) is 1. The molecule has 0 amide bonds.